The van der Waals surface area contributed by atoms with Gasteiger partial charge in [0.05, 0.1) is 12.6 Å². The van der Waals surface area contributed by atoms with E-state index in [-0.39, 0.29) is 42.4 Å². The van der Waals surface area contributed by atoms with E-state index in [0.717, 1.165) is 29.3 Å². The number of guanidine groups is 1. The van der Waals surface area contributed by atoms with Crippen LogP contribution in [0.3, 0.4) is 0 Å². The van der Waals surface area contributed by atoms with E-state index < -0.39 is 11.6 Å². The Morgan fingerprint density at radius 1 is 1.16 bits per heavy atom. The number of halogens is 3. The molecule has 0 aliphatic carbocycles. The highest BCUT2D eigenvalue weighted by Gasteiger charge is 2.10. The van der Waals surface area contributed by atoms with Gasteiger partial charge in [-0.05, 0) is 31.5 Å². The highest BCUT2D eigenvalue weighted by atomic mass is 127. The van der Waals surface area contributed by atoms with Gasteiger partial charge in [-0.25, -0.2) is 13.8 Å². The van der Waals surface area contributed by atoms with Crippen molar-refractivity contribution in [3.05, 3.63) is 77.4 Å². The van der Waals surface area contributed by atoms with Crippen LogP contribution in [0.15, 0.2) is 53.5 Å². The summed E-state index contributed by atoms with van der Waals surface area (Å²) in [5, 5.41) is 14.7. The summed E-state index contributed by atoms with van der Waals surface area (Å²) < 4.78 is 34.0. The minimum Gasteiger partial charge on any atom is -0.489 e. The number of rotatable bonds is 8. The number of nitrogens with one attached hydrogen (secondary N) is 2. The summed E-state index contributed by atoms with van der Waals surface area (Å²) in [7, 11) is 1.89. The van der Waals surface area contributed by atoms with Crippen molar-refractivity contribution in [2.45, 2.75) is 26.4 Å². The molecule has 10 heteroatoms. The number of hydrogen-bond donors (Lipinski definition) is 2. The van der Waals surface area contributed by atoms with Crippen LogP contribution >= 0.6 is 24.0 Å². The molecule has 1 atom stereocenters. The molecule has 0 aliphatic rings. The minimum absolute atomic E-state index is 0. The quantitative estimate of drug-likeness (QED) is 0.191. The largest absolute Gasteiger partial charge is 0.489 e. The van der Waals surface area contributed by atoms with E-state index in [9.17, 15) is 8.78 Å². The molecule has 0 radical (unpaired) electrons. The molecule has 3 rings (SSSR count). The van der Waals surface area contributed by atoms with Crippen LogP contribution in [0.1, 0.15) is 30.2 Å². The predicted octanol–water partition coefficient (Wildman–Crippen LogP) is 3.90. The fraction of sp³-hybridized carbons (Fsp3) is 0.318. The lowest BCUT2D eigenvalue weighted by molar-refractivity contribution is 0.304. The normalized spacial score (nSPS) is 12.1. The molecule has 0 spiro atoms. The van der Waals surface area contributed by atoms with Crippen molar-refractivity contribution in [3.8, 4) is 5.75 Å². The fourth-order valence-corrected chi connectivity index (χ4v) is 2.84. The Labute approximate surface area is 203 Å². The molecule has 3 aromatic rings. The van der Waals surface area contributed by atoms with E-state index in [4.69, 9.17) is 4.74 Å². The van der Waals surface area contributed by atoms with E-state index >= 15 is 0 Å². The molecule has 172 valence electrons. The molecule has 1 aromatic heterocycles. The van der Waals surface area contributed by atoms with E-state index in [1.165, 1.54) is 6.07 Å². The Hall–Kier alpha value is -2.76. The maximum Gasteiger partial charge on any atom is 0.192 e. The molecule has 7 nitrogen and oxygen atoms in total. The molecule has 2 aromatic carbocycles. The minimum atomic E-state index is -0.734. The average Bonchev–Trinajstić information content (AvgIpc) is 3.08. The van der Waals surface area contributed by atoms with E-state index in [1.54, 1.807) is 0 Å². The topological polar surface area (TPSA) is 76.4 Å². The van der Waals surface area contributed by atoms with E-state index in [2.05, 4.69) is 25.8 Å². The van der Waals surface area contributed by atoms with Crippen LogP contribution in [0.5, 0.6) is 5.75 Å². The van der Waals surface area contributed by atoms with Crippen molar-refractivity contribution in [3.63, 3.8) is 0 Å². The Kier molecular flexibility index (Phi) is 9.82. The van der Waals surface area contributed by atoms with Gasteiger partial charge in [0.1, 0.15) is 24.8 Å². The summed E-state index contributed by atoms with van der Waals surface area (Å²) in [6.45, 7) is 4.78. The first-order chi connectivity index (χ1) is 14.9. The molecule has 1 heterocycles. The van der Waals surface area contributed by atoms with Gasteiger partial charge in [0.25, 0.3) is 0 Å². The van der Waals surface area contributed by atoms with Gasteiger partial charge in [0, 0.05) is 13.1 Å². The van der Waals surface area contributed by atoms with Crippen LogP contribution in [0, 0.1) is 18.6 Å². The van der Waals surface area contributed by atoms with Crippen LogP contribution in [-0.2, 0) is 13.6 Å². The van der Waals surface area contributed by atoms with Crippen molar-refractivity contribution >= 4 is 29.9 Å². The average molecular weight is 556 g/mol. The standard InChI is InChI=1S/C22H26F2N6O.HI/c1-15(17-7-5-4-6-8-17)27-22(26-14-21-29-28-16(2)30(21)3)25-11-12-31-20-10-9-18(23)13-19(20)24;/h4-10,13,15H,11-12,14H2,1-3H3,(H2,25,26,27);1H. The molecule has 0 saturated carbocycles. The zero-order valence-electron chi connectivity index (χ0n) is 18.2. The molecule has 32 heavy (non-hydrogen) atoms. The molecular formula is C22H27F2IN6O. The van der Waals surface area contributed by atoms with E-state index in [0.29, 0.717) is 19.0 Å². The second-order valence-electron chi connectivity index (χ2n) is 7.01. The van der Waals surface area contributed by atoms with Gasteiger partial charge in [0.15, 0.2) is 23.4 Å². The number of nitrogens with zero attached hydrogens (tertiary/aromatic N) is 4. The molecule has 0 saturated heterocycles. The zero-order chi connectivity index (χ0) is 22.2. The van der Waals surface area contributed by atoms with Gasteiger partial charge in [0.2, 0.25) is 0 Å². The number of benzene rings is 2. The molecule has 1 unspecified atom stereocenters. The zero-order valence-corrected chi connectivity index (χ0v) is 20.5. The first-order valence-corrected chi connectivity index (χ1v) is 9.96. The highest BCUT2D eigenvalue weighted by molar-refractivity contribution is 14.0. The number of aliphatic imine (C=N–C) groups is 1. The molecule has 2 N–H and O–H groups in total. The number of hydrogen-bond acceptors (Lipinski definition) is 4. The predicted molar refractivity (Wildman–Crippen MR) is 130 cm³/mol. The maximum absolute atomic E-state index is 13.7. The van der Waals surface area contributed by atoms with Crippen molar-refractivity contribution in [2.75, 3.05) is 13.2 Å². The summed E-state index contributed by atoms with van der Waals surface area (Å²) in [4.78, 5) is 4.60. The Morgan fingerprint density at radius 2 is 1.91 bits per heavy atom. The Bertz CT molecular complexity index is 1030. The first kappa shape index (κ1) is 25.5. The van der Waals surface area contributed by atoms with Crippen LogP contribution in [0.25, 0.3) is 0 Å². The lowest BCUT2D eigenvalue weighted by Crippen LogP contribution is -2.40. The second-order valence-corrected chi connectivity index (χ2v) is 7.01. The molecule has 0 fully saturated rings. The van der Waals surface area contributed by atoms with Crippen LogP contribution in [-0.4, -0.2) is 33.9 Å². The number of ether oxygens (including phenoxy) is 1. The number of aryl methyl sites for hydroxylation is 1. The molecule has 0 amide bonds. The van der Waals surface area contributed by atoms with Gasteiger partial charge in [-0.1, -0.05) is 30.3 Å². The van der Waals surface area contributed by atoms with Crippen LogP contribution in [0.4, 0.5) is 8.78 Å². The third kappa shape index (κ3) is 7.14. The molecular weight excluding hydrogens is 529 g/mol. The summed E-state index contributed by atoms with van der Waals surface area (Å²) >= 11 is 0. The third-order valence-corrected chi connectivity index (χ3v) is 4.76. The molecule has 0 aliphatic heterocycles. The lowest BCUT2D eigenvalue weighted by Gasteiger charge is -2.19. The monoisotopic (exact) mass is 556 g/mol. The van der Waals surface area contributed by atoms with Crippen LogP contribution in [0.2, 0.25) is 0 Å². The third-order valence-electron chi connectivity index (χ3n) is 4.76. The number of aromatic nitrogens is 3. The van der Waals surface area contributed by atoms with Gasteiger partial charge >= 0.3 is 0 Å². The van der Waals surface area contributed by atoms with Crippen molar-refractivity contribution < 1.29 is 13.5 Å². The summed E-state index contributed by atoms with van der Waals surface area (Å²) in [5.41, 5.74) is 1.11. The van der Waals surface area contributed by atoms with Gasteiger partial charge in [-0.15, -0.1) is 34.2 Å². The van der Waals surface area contributed by atoms with E-state index in [1.807, 2.05) is 55.8 Å². The van der Waals surface area contributed by atoms with Crippen molar-refractivity contribution in [1.29, 1.82) is 0 Å². The van der Waals surface area contributed by atoms with Gasteiger partial charge in [-0.2, -0.15) is 0 Å². The second kappa shape index (κ2) is 12.3. The summed E-state index contributed by atoms with van der Waals surface area (Å²) in [6.07, 6.45) is 0. The Balaban J connectivity index is 0.00000363. The smallest absolute Gasteiger partial charge is 0.192 e. The SMILES string of the molecule is Cc1nnc(CN=C(NCCOc2ccc(F)cc2F)NC(C)c2ccccc2)n1C.I. The fourth-order valence-electron chi connectivity index (χ4n) is 2.84. The van der Waals surface area contributed by atoms with Crippen molar-refractivity contribution in [1.82, 2.24) is 25.4 Å². The van der Waals surface area contributed by atoms with Gasteiger partial charge in [-0.3, -0.25) is 0 Å². The van der Waals surface area contributed by atoms with Crippen LogP contribution < -0.4 is 15.4 Å². The molecule has 0 bridgehead atoms. The Morgan fingerprint density at radius 3 is 2.56 bits per heavy atom. The maximum atomic E-state index is 13.7. The summed E-state index contributed by atoms with van der Waals surface area (Å²) in [5.74, 6) is 0.718. The van der Waals surface area contributed by atoms with Gasteiger partial charge < -0.3 is 19.9 Å². The first-order valence-electron chi connectivity index (χ1n) is 9.96. The van der Waals surface area contributed by atoms with Crippen molar-refractivity contribution in [2.24, 2.45) is 12.0 Å². The highest BCUT2D eigenvalue weighted by Crippen LogP contribution is 2.17. The summed E-state index contributed by atoms with van der Waals surface area (Å²) in [6, 6.07) is 13.2. The lowest BCUT2D eigenvalue weighted by atomic mass is 10.1.